The molecule has 0 aliphatic heterocycles. The molecule has 90 valence electrons. The minimum atomic E-state index is -1.27. The van der Waals surface area contributed by atoms with Gasteiger partial charge in [0.25, 0.3) is 0 Å². The van der Waals surface area contributed by atoms with Crippen LogP contribution in [-0.2, 0) is 6.42 Å². The lowest BCUT2D eigenvalue weighted by Crippen LogP contribution is -2.57. The van der Waals surface area contributed by atoms with E-state index in [1.165, 1.54) is 5.56 Å². The Labute approximate surface area is 96.6 Å². The fourth-order valence-corrected chi connectivity index (χ4v) is 1.59. The summed E-state index contributed by atoms with van der Waals surface area (Å²) in [7, 11) is 0. The Bertz CT molecular complexity index is 320. The van der Waals surface area contributed by atoms with Crippen LogP contribution in [0.5, 0.6) is 0 Å². The van der Waals surface area contributed by atoms with E-state index in [-0.39, 0.29) is 6.04 Å². The SMILES string of the molecule is CCCc1ccc([N+](O)(O)NC(C)C)cc1. The van der Waals surface area contributed by atoms with Crippen molar-refractivity contribution in [2.24, 2.45) is 0 Å². The molecule has 0 amide bonds. The maximum absolute atomic E-state index is 9.76. The molecule has 16 heavy (non-hydrogen) atoms. The van der Waals surface area contributed by atoms with E-state index in [9.17, 15) is 10.4 Å². The number of nitrogens with zero attached hydrogens (tertiary/aromatic N) is 1. The van der Waals surface area contributed by atoms with Crippen molar-refractivity contribution in [3.63, 3.8) is 0 Å². The summed E-state index contributed by atoms with van der Waals surface area (Å²) in [5.74, 6) is 0. The van der Waals surface area contributed by atoms with Crippen molar-refractivity contribution < 1.29 is 10.4 Å². The lowest BCUT2D eigenvalue weighted by molar-refractivity contribution is -0.328. The second-order valence-electron chi connectivity index (χ2n) is 4.30. The van der Waals surface area contributed by atoms with Crippen molar-refractivity contribution in [1.82, 2.24) is 10.3 Å². The third-order valence-electron chi connectivity index (χ3n) is 2.27. The van der Waals surface area contributed by atoms with Gasteiger partial charge in [0.1, 0.15) is 0 Å². The first-order valence-corrected chi connectivity index (χ1v) is 5.67. The molecule has 1 rings (SSSR count). The molecule has 1 aromatic rings. The summed E-state index contributed by atoms with van der Waals surface area (Å²) >= 11 is 0. The van der Waals surface area contributed by atoms with E-state index in [2.05, 4.69) is 12.3 Å². The molecule has 0 fully saturated rings. The molecule has 4 heteroatoms. The molecule has 0 radical (unpaired) electrons. The average molecular weight is 225 g/mol. The molecule has 0 spiro atoms. The van der Waals surface area contributed by atoms with Crippen molar-refractivity contribution in [2.75, 3.05) is 0 Å². The van der Waals surface area contributed by atoms with E-state index in [4.69, 9.17) is 0 Å². The maximum atomic E-state index is 9.76. The van der Waals surface area contributed by atoms with Gasteiger partial charge in [0.2, 0.25) is 5.69 Å². The second-order valence-corrected chi connectivity index (χ2v) is 4.30. The summed E-state index contributed by atoms with van der Waals surface area (Å²) in [6.45, 7) is 5.82. The number of quaternary nitrogens is 1. The molecular formula is C12H21N2O2+. The number of hydrogen-bond acceptors (Lipinski definition) is 3. The summed E-state index contributed by atoms with van der Waals surface area (Å²) in [6, 6.07) is 7.26. The zero-order chi connectivity index (χ0) is 12.2. The van der Waals surface area contributed by atoms with E-state index in [0.717, 1.165) is 12.8 Å². The third-order valence-corrected chi connectivity index (χ3v) is 2.27. The summed E-state index contributed by atoms with van der Waals surface area (Å²) in [6.07, 6.45) is 2.09. The first-order valence-electron chi connectivity index (χ1n) is 5.67. The van der Waals surface area contributed by atoms with Gasteiger partial charge < -0.3 is 0 Å². The van der Waals surface area contributed by atoms with E-state index in [1.807, 2.05) is 26.0 Å². The molecule has 1 aromatic carbocycles. The molecule has 0 saturated heterocycles. The van der Waals surface area contributed by atoms with Gasteiger partial charge in [0.15, 0.2) is 0 Å². The molecule has 0 aliphatic carbocycles. The summed E-state index contributed by atoms with van der Waals surface area (Å²) < 4.78 is 0. The Morgan fingerprint density at radius 1 is 1.19 bits per heavy atom. The van der Waals surface area contributed by atoms with Gasteiger partial charge >= 0.3 is 0 Å². The number of rotatable bonds is 5. The van der Waals surface area contributed by atoms with Crippen LogP contribution in [0.25, 0.3) is 0 Å². The van der Waals surface area contributed by atoms with Crippen LogP contribution >= 0.6 is 0 Å². The van der Waals surface area contributed by atoms with Crippen LogP contribution in [-0.4, -0.2) is 16.5 Å². The number of hydrogen-bond donors (Lipinski definition) is 3. The van der Waals surface area contributed by atoms with Crippen molar-refractivity contribution >= 4 is 5.69 Å². The number of aryl methyl sites for hydroxylation is 1. The molecule has 3 N–H and O–H groups in total. The van der Waals surface area contributed by atoms with Crippen LogP contribution in [0, 0.1) is 0 Å². The van der Waals surface area contributed by atoms with Gasteiger partial charge in [-0.2, -0.15) is 10.4 Å². The first-order chi connectivity index (χ1) is 7.45. The van der Waals surface area contributed by atoms with Crippen molar-refractivity contribution in [2.45, 2.75) is 39.7 Å². The highest BCUT2D eigenvalue weighted by molar-refractivity contribution is 5.40. The third kappa shape index (κ3) is 3.57. The van der Waals surface area contributed by atoms with E-state index in [0.29, 0.717) is 5.69 Å². The molecule has 0 atom stereocenters. The van der Waals surface area contributed by atoms with Crippen LogP contribution in [0.15, 0.2) is 24.3 Å². The second kappa shape index (κ2) is 5.41. The number of benzene rings is 1. The van der Waals surface area contributed by atoms with E-state index in [1.54, 1.807) is 12.1 Å². The number of nitrogens with one attached hydrogen (secondary N) is 1. The van der Waals surface area contributed by atoms with Gasteiger partial charge in [-0.05, 0) is 25.8 Å². The highest BCUT2D eigenvalue weighted by Crippen LogP contribution is 2.17. The Morgan fingerprint density at radius 2 is 1.75 bits per heavy atom. The lowest BCUT2D eigenvalue weighted by atomic mass is 10.1. The molecule has 0 aromatic heterocycles. The zero-order valence-corrected chi connectivity index (χ0v) is 10.1. The minimum absolute atomic E-state index is 0.0229. The fraction of sp³-hybridized carbons (Fsp3) is 0.500. The average Bonchev–Trinajstić information content (AvgIpc) is 2.17. The maximum Gasteiger partial charge on any atom is 0.221 e. The largest absolute Gasteiger partial charge is 0.221 e. The molecule has 0 bridgehead atoms. The molecule has 0 saturated carbocycles. The van der Waals surface area contributed by atoms with Crippen LogP contribution < -0.4 is 10.3 Å². The summed E-state index contributed by atoms with van der Waals surface area (Å²) in [5, 5.41) is 19.5. The molecular weight excluding hydrogens is 204 g/mol. The van der Waals surface area contributed by atoms with Gasteiger partial charge in [-0.25, -0.2) is 0 Å². The first kappa shape index (κ1) is 13.1. The van der Waals surface area contributed by atoms with Gasteiger partial charge in [0.05, 0.1) is 11.0 Å². The highest BCUT2D eigenvalue weighted by atomic mass is 16.9. The Kier molecular flexibility index (Phi) is 4.44. The molecule has 0 aliphatic rings. The fourth-order valence-electron chi connectivity index (χ4n) is 1.59. The Balaban J connectivity index is 2.79. The van der Waals surface area contributed by atoms with Crippen molar-refractivity contribution in [3.05, 3.63) is 29.8 Å². The predicted molar refractivity (Wildman–Crippen MR) is 64.1 cm³/mol. The van der Waals surface area contributed by atoms with Crippen LogP contribution in [0.2, 0.25) is 0 Å². The quantitative estimate of drug-likeness (QED) is 0.533. The van der Waals surface area contributed by atoms with Gasteiger partial charge in [-0.1, -0.05) is 30.9 Å². The zero-order valence-electron chi connectivity index (χ0n) is 10.1. The van der Waals surface area contributed by atoms with Crippen molar-refractivity contribution in [3.8, 4) is 0 Å². The smallest absolute Gasteiger partial charge is 0.155 e. The topological polar surface area (TPSA) is 52.5 Å². The van der Waals surface area contributed by atoms with Crippen LogP contribution in [0.3, 0.4) is 0 Å². The minimum Gasteiger partial charge on any atom is -0.155 e. The predicted octanol–water partition coefficient (Wildman–Crippen LogP) is 2.64. The summed E-state index contributed by atoms with van der Waals surface area (Å²) in [4.78, 5) is -1.27. The van der Waals surface area contributed by atoms with Crippen LogP contribution in [0.4, 0.5) is 5.69 Å². The van der Waals surface area contributed by atoms with E-state index >= 15 is 0 Å². The monoisotopic (exact) mass is 225 g/mol. The molecule has 0 heterocycles. The lowest BCUT2D eigenvalue weighted by Gasteiger charge is -2.22. The highest BCUT2D eigenvalue weighted by Gasteiger charge is 2.27. The van der Waals surface area contributed by atoms with Gasteiger partial charge in [0, 0.05) is 12.1 Å². The van der Waals surface area contributed by atoms with Gasteiger partial charge in [-0.15, -0.1) is 0 Å². The summed E-state index contributed by atoms with van der Waals surface area (Å²) in [5.41, 5.74) is 4.25. The Morgan fingerprint density at radius 3 is 2.19 bits per heavy atom. The van der Waals surface area contributed by atoms with Gasteiger partial charge in [-0.3, -0.25) is 0 Å². The normalized spacial score (nSPS) is 12.1. The van der Waals surface area contributed by atoms with E-state index < -0.39 is 4.92 Å². The molecule has 0 unspecified atom stereocenters. The van der Waals surface area contributed by atoms with Crippen LogP contribution in [0.1, 0.15) is 32.8 Å². The molecule has 4 nitrogen and oxygen atoms in total. The Hall–Kier alpha value is -0.940. The van der Waals surface area contributed by atoms with Crippen molar-refractivity contribution in [1.29, 1.82) is 0 Å². The standard InChI is InChI=1S/C12H21N2O2/c1-4-5-11-6-8-12(9-7-11)14(15,16)13-10(2)3/h6-10,13,15-16H,4-5H2,1-3H3/q+1.